The minimum absolute atomic E-state index is 0.307. The Morgan fingerprint density at radius 3 is 0.976 bits per heavy atom. The minimum atomic E-state index is -3.90. The lowest BCUT2D eigenvalue weighted by Gasteiger charge is -2.22. The average Bonchev–Trinajstić information content (AvgIpc) is 2.96. The number of phosphoric acid groups is 1. The van der Waals surface area contributed by atoms with Crippen LogP contribution in [0.4, 0.5) is 0 Å². The maximum Gasteiger partial charge on any atom is 0.472 e. The topological polar surface area (TPSA) is 59.0 Å². The predicted molar refractivity (Wildman–Crippen MR) is 180 cm³/mol. The van der Waals surface area contributed by atoms with E-state index in [2.05, 4.69) is 25.7 Å². The molecule has 0 radical (unpaired) electrons. The molecule has 0 aliphatic heterocycles. The monoisotopic (exact) mass is 604 g/mol. The lowest BCUT2D eigenvalue weighted by atomic mass is 10.1. The molecule has 0 aromatic carbocycles. The highest BCUT2D eigenvalue weighted by Gasteiger charge is 2.20. The van der Waals surface area contributed by atoms with Crippen molar-refractivity contribution in [3.8, 4) is 0 Å². The van der Waals surface area contributed by atoms with Gasteiger partial charge in [0.05, 0.1) is 13.2 Å². The summed E-state index contributed by atoms with van der Waals surface area (Å²) < 4.78 is 22.6. The molecule has 1 atom stereocenters. The van der Waals surface area contributed by atoms with Gasteiger partial charge < -0.3 is 9.79 Å². The van der Waals surface area contributed by atoms with Crippen molar-refractivity contribution in [1.29, 1.82) is 0 Å². The second-order valence-electron chi connectivity index (χ2n) is 12.5. The third-order valence-electron chi connectivity index (χ3n) is 8.28. The molecule has 248 valence electrons. The summed E-state index contributed by atoms with van der Waals surface area (Å²) in [5, 5.41) is 0. The van der Waals surface area contributed by atoms with E-state index in [4.69, 9.17) is 9.05 Å². The quantitative estimate of drug-likeness (QED) is 0.0577. The van der Waals surface area contributed by atoms with Gasteiger partial charge in [0.25, 0.3) is 0 Å². The number of unbranched alkanes of at least 4 members (excludes halogenated alkanes) is 23. The molecule has 0 aromatic rings. The summed E-state index contributed by atoms with van der Waals surface area (Å²) in [5.74, 6) is 0. The van der Waals surface area contributed by atoms with Crippen LogP contribution >= 0.6 is 7.82 Å². The Morgan fingerprint density at radius 2 is 0.659 bits per heavy atom. The third-order valence-corrected chi connectivity index (χ3v) is 9.30. The predicted octanol–water partition coefficient (Wildman–Crippen LogP) is 12.0. The second-order valence-corrected chi connectivity index (χ2v) is 13.9. The van der Waals surface area contributed by atoms with Gasteiger partial charge in [0, 0.05) is 0 Å². The van der Waals surface area contributed by atoms with E-state index in [0.29, 0.717) is 13.2 Å². The maximum absolute atomic E-state index is 12.2. The van der Waals surface area contributed by atoms with Crippen molar-refractivity contribution in [2.75, 3.05) is 32.8 Å². The average molecular weight is 604 g/mol. The van der Waals surface area contributed by atoms with E-state index in [-0.39, 0.29) is 0 Å². The molecule has 0 aromatic heterocycles. The number of hydrogen-bond donors (Lipinski definition) is 1. The summed E-state index contributed by atoms with van der Waals surface area (Å²) in [5.41, 5.74) is 0. The Kier molecular flexibility index (Phi) is 33.0. The lowest BCUT2D eigenvalue weighted by Crippen LogP contribution is -2.27. The van der Waals surface area contributed by atoms with E-state index in [1.807, 2.05) is 0 Å². The van der Waals surface area contributed by atoms with Crippen LogP contribution in [0.25, 0.3) is 0 Å². The summed E-state index contributed by atoms with van der Waals surface area (Å²) in [6.45, 7) is 11.0. The first-order chi connectivity index (χ1) is 20.1. The van der Waals surface area contributed by atoms with E-state index in [1.165, 1.54) is 154 Å². The molecule has 6 heteroatoms. The Balaban J connectivity index is 4.00. The van der Waals surface area contributed by atoms with Gasteiger partial charge in [-0.3, -0.25) is 9.05 Å². The molecular weight excluding hydrogens is 529 g/mol. The zero-order valence-corrected chi connectivity index (χ0v) is 29.1. The van der Waals surface area contributed by atoms with E-state index in [0.717, 1.165) is 38.6 Å². The van der Waals surface area contributed by atoms with Gasteiger partial charge in [-0.1, -0.05) is 156 Å². The van der Waals surface area contributed by atoms with Gasteiger partial charge in [0.1, 0.15) is 0 Å². The van der Waals surface area contributed by atoms with Crippen molar-refractivity contribution in [2.24, 2.45) is 0 Å². The molecule has 0 rings (SSSR count). The summed E-state index contributed by atoms with van der Waals surface area (Å²) >= 11 is 0. The minimum Gasteiger partial charge on any atom is -0.303 e. The molecule has 5 nitrogen and oxygen atoms in total. The smallest absolute Gasteiger partial charge is 0.303 e. The van der Waals surface area contributed by atoms with Gasteiger partial charge in [0.15, 0.2) is 0 Å². The standard InChI is InChI=1S/C35H74NO4P/c1-4-7-10-13-16-19-22-26-31-36(32-27-23-20-17-14-11-8-5-2)33-28-25-30-35-40-41(37,38)39-34-29-24-21-18-15-12-9-6-3/h4-35H2,1-3H3,(H,37,38). The maximum atomic E-state index is 12.2. The van der Waals surface area contributed by atoms with Gasteiger partial charge in [0.2, 0.25) is 0 Å². The van der Waals surface area contributed by atoms with Crippen molar-refractivity contribution in [3.63, 3.8) is 0 Å². The van der Waals surface area contributed by atoms with E-state index in [9.17, 15) is 9.46 Å². The molecule has 0 aliphatic carbocycles. The summed E-state index contributed by atoms with van der Waals surface area (Å²) in [6.07, 6.45) is 34.5. The highest BCUT2D eigenvalue weighted by molar-refractivity contribution is 7.47. The Hall–Kier alpha value is 0.0700. The summed E-state index contributed by atoms with van der Waals surface area (Å²) in [6, 6.07) is 0. The van der Waals surface area contributed by atoms with Crippen LogP contribution in [-0.4, -0.2) is 42.6 Å². The number of phosphoric ester groups is 1. The van der Waals surface area contributed by atoms with Crippen LogP contribution in [0.3, 0.4) is 0 Å². The summed E-state index contributed by atoms with van der Waals surface area (Å²) in [7, 11) is -3.90. The first-order valence-electron chi connectivity index (χ1n) is 18.4. The highest BCUT2D eigenvalue weighted by atomic mass is 31.2. The zero-order valence-electron chi connectivity index (χ0n) is 28.2. The Morgan fingerprint density at radius 1 is 0.415 bits per heavy atom. The molecule has 1 unspecified atom stereocenters. The van der Waals surface area contributed by atoms with E-state index >= 15 is 0 Å². The zero-order chi connectivity index (χ0) is 30.1. The largest absolute Gasteiger partial charge is 0.472 e. The van der Waals surface area contributed by atoms with Gasteiger partial charge in [-0.25, -0.2) is 4.57 Å². The van der Waals surface area contributed by atoms with E-state index in [1.54, 1.807) is 0 Å². The number of nitrogens with zero attached hydrogens (tertiary/aromatic N) is 1. The molecule has 0 saturated heterocycles. The Bertz CT molecular complexity index is 528. The van der Waals surface area contributed by atoms with Crippen LogP contribution in [0, 0.1) is 0 Å². The van der Waals surface area contributed by atoms with Crippen LogP contribution < -0.4 is 0 Å². The number of hydrogen-bond acceptors (Lipinski definition) is 4. The van der Waals surface area contributed by atoms with Crippen LogP contribution in [0.1, 0.15) is 194 Å². The Labute approximate surface area is 257 Å². The van der Waals surface area contributed by atoms with Crippen molar-refractivity contribution >= 4 is 7.82 Å². The van der Waals surface area contributed by atoms with Crippen molar-refractivity contribution in [3.05, 3.63) is 0 Å². The highest BCUT2D eigenvalue weighted by Crippen LogP contribution is 2.43. The fraction of sp³-hybridized carbons (Fsp3) is 1.00. The molecule has 0 saturated carbocycles. The molecule has 0 spiro atoms. The van der Waals surface area contributed by atoms with Gasteiger partial charge >= 0.3 is 7.82 Å². The normalized spacial score (nSPS) is 13.3. The van der Waals surface area contributed by atoms with Gasteiger partial charge in [-0.05, 0) is 58.2 Å². The first kappa shape index (κ1) is 41.1. The fourth-order valence-corrected chi connectivity index (χ4v) is 6.32. The van der Waals surface area contributed by atoms with Crippen LogP contribution in [0.15, 0.2) is 0 Å². The van der Waals surface area contributed by atoms with Crippen LogP contribution in [0.2, 0.25) is 0 Å². The van der Waals surface area contributed by atoms with Crippen LogP contribution in [0.5, 0.6) is 0 Å². The van der Waals surface area contributed by atoms with Crippen LogP contribution in [-0.2, 0) is 13.6 Å². The van der Waals surface area contributed by atoms with E-state index < -0.39 is 7.82 Å². The molecule has 0 bridgehead atoms. The van der Waals surface area contributed by atoms with Crippen molar-refractivity contribution < 1.29 is 18.5 Å². The summed E-state index contributed by atoms with van der Waals surface area (Å²) in [4.78, 5) is 12.6. The molecule has 0 fully saturated rings. The molecule has 0 amide bonds. The second kappa shape index (κ2) is 33.0. The number of rotatable bonds is 35. The van der Waals surface area contributed by atoms with Crippen molar-refractivity contribution in [2.45, 2.75) is 194 Å². The molecule has 0 aliphatic rings. The lowest BCUT2D eigenvalue weighted by molar-refractivity contribution is 0.144. The molecular formula is C35H74NO4P. The third kappa shape index (κ3) is 32.8. The van der Waals surface area contributed by atoms with Gasteiger partial charge in [-0.2, -0.15) is 0 Å². The first-order valence-corrected chi connectivity index (χ1v) is 19.9. The molecule has 41 heavy (non-hydrogen) atoms. The fourth-order valence-electron chi connectivity index (χ4n) is 5.52. The molecule has 1 N–H and O–H groups in total. The molecule has 0 heterocycles. The SMILES string of the molecule is CCCCCCCCCCOP(=O)(O)OCCCCCN(CCCCCCCCCC)CCCCCCCCCC. The van der Waals surface area contributed by atoms with Crippen molar-refractivity contribution in [1.82, 2.24) is 4.90 Å². The van der Waals surface area contributed by atoms with Gasteiger partial charge in [-0.15, -0.1) is 0 Å².